The van der Waals surface area contributed by atoms with E-state index in [0.717, 1.165) is 26.7 Å². The molecule has 6 heteroatoms. The highest BCUT2D eigenvalue weighted by molar-refractivity contribution is 9.10. The summed E-state index contributed by atoms with van der Waals surface area (Å²) in [5.41, 5.74) is 8.12. The molecule has 1 unspecified atom stereocenters. The number of hydrogen-bond donors (Lipinski definition) is 1. The first-order chi connectivity index (χ1) is 8.56. The molecule has 0 aliphatic carbocycles. The fraction of sp³-hybridized carbons (Fsp3) is 0.250. The standard InChI is InChI=1S/C12H12Br2ClN3/c1-2-18-12(9(14)6-17-18)11(16)7-4-3-5-8(13)10(7)15/h3-6,11H,2,16H2,1H3. The zero-order chi connectivity index (χ0) is 13.3. The Morgan fingerprint density at radius 2 is 2.11 bits per heavy atom. The highest BCUT2D eigenvalue weighted by Crippen LogP contribution is 2.34. The number of halogens is 3. The summed E-state index contributed by atoms with van der Waals surface area (Å²) in [6, 6.07) is 5.43. The number of nitrogens with zero attached hydrogens (tertiary/aromatic N) is 2. The molecule has 0 fully saturated rings. The van der Waals surface area contributed by atoms with Gasteiger partial charge in [-0.2, -0.15) is 5.10 Å². The third-order valence-electron chi connectivity index (χ3n) is 2.74. The van der Waals surface area contributed by atoms with Gasteiger partial charge in [0.1, 0.15) is 0 Å². The second-order valence-corrected chi connectivity index (χ2v) is 5.90. The summed E-state index contributed by atoms with van der Waals surface area (Å²) in [6.07, 6.45) is 1.75. The minimum absolute atomic E-state index is 0.313. The van der Waals surface area contributed by atoms with Crippen LogP contribution in [0.25, 0.3) is 0 Å². The van der Waals surface area contributed by atoms with Gasteiger partial charge in [0.15, 0.2) is 0 Å². The van der Waals surface area contributed by atoms with Gasteiger partial charge >= 0.3 is 0 Å². The molecule has 2 N–H and O–H groups in total. The van der Waals surface area contributed by atoms with Crippen molar-refractivity contribution >= 4 is 43.5 Å². The molecule has 0 aliphatic heterocycles. The van der Waals surface area contributed by atoms with E-state index >= 15 is 0 Å². The Labute approximate surface area is 128 Å². The van der Waals surface area contributed by atoms with Crippen LogP contribution in [0.2, 0.25) is 5.02 Å². The van der Waals surface area contributed by atoms with Gasteiger partial charge in [0, 0.05) is 11.0 Å². The van der Waals surface area contributed by atoms with Gasteiger partial charge in [-0.1, -0.05) is 23.7 Å². The fourth-order valence-electron chi connectivity index (χ4n) is 1.84. The van der Waals surface area contributed by atoms with E-state index in [4.69, 9.17) is 17.3 Å². The second-order valence-electron chi connectivity index (χ2n) is 3.81. The van der Waals surface area contributed by atoms with E-state index in [-0.39, 0.29) is 6.04 Å². The molecule has 0 aliphatic rings. The van der Waals surface area contributed by atoms with E-state index in [9.17, 15) is 0 Å². The van der Waals surface area contributed by atoms with Crippen molar-refractivity contribution in [3.63, 3.8) is 0 Å². The van der Waals surface area contributed by atoms with Crippen LogP contribution in [0.3, 0.4) is 0 Å². The Morgan fingerprint density at radius 1 is 1.39 bits per heavy atom. The van der Waals surface area contributed by atoms with E-state index in [1.807, 2.05) is 29.8 Å². The summed E-state index contributed by atoms with van der Waals surface area (Å²) < 4.78 is 3.61. The van der Waals surface area contributed by atoms with Crippen LogP contribution >= 0.6 is 43.5 Å². The number of aryl methyl sites for hydroxylation is 1. The molecule has 0 bridgehead atoms. The van der Waals surface area contributed by atoms with Crippen molar-refractivity contribution in [2.75, 3.05) is 0 Å². The smallest absolute Gasteiger partial charge is 0.0749 e. The van der Waals surface area contributed by atoms with Gasteiger partial charge in [0.25, 0.3) is 0 Å². The first-order valence-electron chi connectivity index (χ1n) is 5.47. The van der Waals surface area contributed by atoms with Crippen LogP contribution < -0.4 is 5.73 Å². The molecule has 18 heavy (non-hydrogen) atoms. The summed E-state index contributed by atoms with van der Waals surface area (Å²) >= 11 is 13.2. The Kier molecular flexibility index (Phi) is 4.48. The molecule has 0 radical (unpaired) electrons. The van der Waals surface area contributed by atoms with Gasteiger partial charge in [-0.05, 0) is 50.4 Å². The van der Waals surface area contributed by atoms with Gasteiger partial charge in [-0.15, -0.1) is 0 Å². The lowest BCUT2D eigenvalue weighted by Gasteiger charge is -2.16. The molecule has 3 nitrogen and oxygen atoms in total. The molecule has 2 aromatic rings. The number of rotatable bonds is 3. The van der Waals surface area contributed by atoms with Crippen LogP contribution in [-0.2, 0) is 6.54 Å². The van der Waals surface area contributed by atoms with Crippen LogP contribution in [0.15, 0.2) is 33.3 Å². The molecule has 0 saturated carbocycles. The molecule has 0 spiro atoms. The lowest BCUT2D eigenvalue weighted by Crippen LogP contribution is -2.18. The maximum Gasteiger partial charge on any atom is 0.0749 e. The maximum absolute atomic E-state index is 6.31. The lowest BCUT2D eigenvalue weighted by molar-refractivity contribution is 0.599. The van der Waals surface area contributed by atoms with Crippen LogP contribution in [0, 0.1) is 0 Å². The summed E-state index contributed by atoms with van der Waals surface area (Å²) in [7, 11) is 0. The van der Waals surface area contributed by atoms with Crippen molar-refractivity contribution in [3.8, 4) is 0 Å². The molecule has 1 atom stereocenters. The van der Waals surface area contributed by atoms with Crippen molar-refractivity contribution in [1.82, 2.24) is 9.78 Å². The normalized spacial score (nSPS) is 12.7. The minimum Gasteiger partial charge on any atom is -0.319 e. The van der Waals surface area contributed by atoms with E-state index in [1.54, 1.807) is 6.20 Å². The topological polar surface area (TPSA) is 43.8 Å². The molecule has 96 valence electrons. The van der Waals surface area contributed by atoms with Crippen molar-refractivity contribution in [2.45, 2.75) is 19.5 Å². The van der Waals surface area contributed by atoms with Gasteiger partial charge in [-0.3, -0.25) is 4.68 Å². The third-order valence-corrected chi connectivity index (χ3v) is 4.67. The Balaban J connectivity index is 2.51. The van der Waals surface area contributed by atoms with E-state index in [2.05, 4.69) is 37.0 Å². The predicted octanol–water partition coefficient (Wildman–Crippen LogP) is 4.13. The van der Waals surface area contributed by atoms with Crippen LogP contribution in [0.5, 0.6) is 0 Å². The first kappa shape index (κ1) is 14.1. The zero-order valence-electron chi connectivity index (χ0n) is 9.70. The average Bonchev–Trinajstić information content (AvgIpc) is 2.73. The van der Waals surface area contributed by atoms with E-state index < -0.39 is 0 Å². The monoisotopic (exact) mass is 391 g/mol. The summed E-state index contributed by atoms with van der Waals surface area (Å²) in [5.74, 6) is 0. The highest BCUT2D eigenvalue weighted by atomic mass is 79.9. The molecule has 1 aromatic carbocycles. The van der Waals surface area contributed by atoms with Gasteiger partial charge in [0.2, 0.25) is 0 Å². The van der Waals surface area contributed by atoms with Gasteiger partial charge in [0.05, 0.1) is 27.4 Å². The quantitative estimate of drug-likeness (QED) is 0.852. The Morgan fingerprint density at radius 3 is 2.78 bits per heavy atom. The lowest BCUT2D eigenvalue weighted by atomic mass is 10.0. The largest absolute Gasteiger partial charge is 0.319 e. The summed E-state index contributed by atoms with van der Waals surface area (Å²) in [5, 5.41) is 4.91. The minimum atomic E-state index is -0.313. The molecular formula is C12H12Br2ClN3. The Bertz CT molecular complexity index is 568. The molecule has 1 heterocycles. The molecule has 0 saturated heterocycles. The highest BCUT2D eigenvalue weighted by Gasteiger charge is 2.20. The third kappa shape index (κ3) is 2.50. The first-order valence-corrected chi connectivity index (χ1v) is 7.43. The maximum atomic E-state index is 6.31. The molecule has 1 aromatic heterocycles. The number of nitrogens with two attached hydrogens (primary N) is 1. The van der Waals surface area contributed by atoms with Crippen LogP contribution in [-0.4, -0.2) is 9.78 Å². The van der Waals surface area contributed by atoms with E-state index in [0.29, 0.717) is 5.02 Å². The summed E-state index contributed by atoms with van der Waals surface area (Å²) in [6.45, 7) is 2.79. The van der Waals surface area contributed by atoms with Crippen molar-refractivity contribution in [1.29, 1.82) is 0 Å². The van der Waals surface area contributed by atoms with Crippen LogP contribution in [0.4, 0.5) is 0 Å². The number of benzene rings is 1. The molecular weight excluding hydrogens is 381 g/mol. The Hall–Kier alpha value is -0.360. The van der Waals surface area contributed by atoms with Crippen molar-refractivity contribution < 1.29 is 0 Å². The van der Waals surface area contributed by atoms with Crippen molar-refractivity contribution in [3.05, 3.63) is 49.6 Å². The zero-order valence-corrected chi connectivity index (χ0v) is 13.6. The van der Waals surface area contributed by atoms with Crippen LogP contribution in [0.1, 0.15) is 24.2 Å². The van der Waals surface area contributed by atoms with E-state index in [1.165, 1.54) is 0 Å². The van der Waals surface area contributed by atoms with Gasteiger partial charge < -0.3 is 5.73 Å². The number of aromatic nitrogens is 2. The molecule has 0 amide bonds. The van der Waals surface area contributed by atoms with Gasteiger partial charge in [-0.25, -0.2) is 0 Å². The predicted molar refractivity (Wildman–Crippen MR) is 80.8 cm³/mol. The fourth-order valence-corrected chi connectivity index (χ4v) is 3.01. The average molecular weight is 394 g/mol. The SMILES string of the molecule is CCn1ncc(Br)c1C(N)c1cccc(Br)c1Cl. The second kappa shape index (κ2) is 5.74. The summed E-state index contributed by atoms with van der Waals surface area (Å²) in [4.78, 5) is 0. The molecule has 2 rings (SSSR count). The van der Waals surface area contributed by atoms with Crippen molar-refractivity contribution in [2.24, 2.45) is 5.73 Å². The number of hydrogen-bond acceptors (Lipinski definition) is 2.